The van der Waals surface area contributed by atoms with Crippen molar-refractivity contribution in [1.82, 2.24) is 9.66 Å². The van der Waals surface area contributed by atoms with Gasteiger partial charge in [-0.3, -0.25) is 4.79 Å². The molecule has 180 valence electrons. The van der Waals surface area contributed by atoms with Crippen molar-refractivity contribution in [1.29, 1.82) is 0 Å². The van der Waals surface area contributed by atoms with Crippen molar-refractivity contribution in [3.63, 3.8) is 0 Å². The molecule has 0 N–H and O–H groups in total. The summed E-state index contributed by atoms with van der Waals surface area (Å²) < 4.78 is 21.6. The Hall–Kier alpha value is -3.84. The lowest BCUT2D eigenvalue weighted by Crippen LogP contribution is -2.22. The molecule has 36 heavy (non-hydrogen) atoms. The molecule has 5 aromatic rings. The molecule has 4 aromatic carbocycles. The summed E-state index contributed by atoms with van der Waals surface area (Å²) in [6.45, 7) is 2.31. The van der Waals surface area contributed by atoms with Crippen LogP contribution in [0.1, 0.15) is 30.3 Å². The minimum Gasteiger partial charge on any atom is -0.488 e. The molecule has 0 aliphatic heterocycles. The van der Waals surface area contributed by atoms with E-state index in [0.717, 1.165) is 32.8 Å². The first-order valence-electron chi connectivity index (χ1n) is 11.7. The molecule has 0 saturated carbocycles. The van der Waals surface area contributed by atoms with Gasteiger partial charge in [-0.25, -0.2) is 9.37 Å². The van der Waals surface area contributed by atoms with Crippen molar-refractivity contribution in [3.8, 4) is 5.75 Å². The van der Waals surface area contributed by atoms with Crippen molar-refractivity contribution in [3.05, 3.63) is 116 Å². The summed E-state index contributed by atoms with van der Waals surface area (Å²) in [6.07, 6.45) is 3.10. The lowest BCUT2D eigenvalue weighted by molar-refractivity contribution is 0.306. The van der Waals surface area contributed by atoms with Crippen LogP contribution in [0.5, 0.6) is 5.75 Å². The fourth-order valence-corrected chi connectivity index (χ4v) is 4.45. The van der Waals surface area contributed by atoms with Gasteiger partial charge in [0.2, 0.25) is 0 Å². The van der Waals surface area contributed by atoms with E-state index >= 15 is 0 Å². The Kier molecular flexibility index (Phi) is 6.91. The predicted molar refractivity (Wildman–Crippen MR) is 145 cm³/mol. The van der Waals surface area contributed by atoms with Crippen LogP contribution in [0, 0.1) is 5.82 Å². The number of aryl methyl sites for hydroxylation is 1. The normalized spacial score (nSPS) is 11.5. The van der Waals surface area contributed by atoms with E-state index in [1.807, 2.05) is 55.5 Å². The molecular weight excluding hydrogens is 521 g/mol. The third-order valence-corrected chi connectivity index (χ3v) is 6.38. The maximum absolute atomic E-state index is 13.4. The van der Waals surface area contributed by atoms with E-state index in [1.54, 1.807) is 24.4 Å². The minimum atomic E-state index is -0.290. The van der Waals surface area contributed by atoms with Crippen LogP contribution in [0.4, 0.5) is 4.39 Å². The Balaban J connectivity index is 1.60. The molecule has 0 aliphatic rings. The summed E-state index contributed by atoms with van der Waals surface area (Å²) in [5.41, 5.74) is 2.01. The van der Waals surface area contributed by atoms with Crippen LogP contribution in [-0.2, 0) is 13.0 Å². The van der Waals surface area contributed by atoms with Gasteiger partial charge in [-0.15, -0.1) is 0 Å². The largest absolute Gasteiger partial charge is 0.488 e. The smallest absolute Gasteiger partial charge is 0.282 e. The minimum absolute atomic E-state index is 0.227. The number of ether oxygens (including phenoxy) is 1. The van der Waals surface area contributed by atoms with Gasteiger partial charge in [0.15, 0.2) is 0 Å². The highest BCUT2D eigenvalue weighted by Gasteiger charge is 2.12. The van der Waals surface area contributed by atoms with Gasteiger partial charge >= 0.3 is 0 Å². The van der Waals surface area contributed by atoms with Gasteiger partial charge in [-0.05, 0) is 59.2 Å². The molecular formula is C29H23BrFN3O2. The highest BCUT2D eigenvalue weighted by atomic mass is 79.9. The Morgan fingerprint density at radius 1 is 1.03 bits per heavy atom. The van der Waals surface area contributed by atoms with E-state index in [-0.39, 0.29) is 18.0 Å². The number of hydrogen-bond donors (Lipinski definition) is 0. The molecule has 7 heteroatoms. The Labute approximate surface area is 216 Å². The molecule has 0 bridgehead atoms. The number of rotatable bonds is 7. The van der Waals surface area contributed by atoms with Crippen LogP contribution in [0.15, 0.2) is 93.2 Å². The molecule has 0 saturated heterocycles. The highest BCUT2D eigenvalue weighted by Crippen LogP contribution is 2.28. The average Bonchev–Trinajstić information content (AvgIpc) is 2.89. The second-order valence-electron chi connectivity index (χ2n) is 8.41. The molecule has 0 spiro atoms. The molecule has 0 amide bonds. The average molecular weight is 544 g/mol. The second kappa shape index (κ2) is 10.4. The molecule has 0 atom stereocenters. The van der Waals surface area contributed by atoms with Crippen molar-refractivity contribution in [2.45, 2.75) is 26.4 Å². The molecule has 0 aliphatic carbocycles. The molecule has 5 nitrogen and oxygen atoms in total. The highest BCUT2D eigenvalue weighted by molar-refractivity contribution is 9.10. The summed E-state index contributed by atoms with van der Waals surface area (Å²) in [6, 6.07) is 23.5. The van der Waals surface area contributed by atoms with Crippen molar-refractivity contribution < 1.29 is 9.13 Å². The number of halogens is 2. The standard InChI is InChI=1S/C29H23BrFN3O2/c1-2-5-28-33-26-14-11-21(30)16-24(26)29(35)34(28)32-17-25-23-7-4-3-6-20(23)10-15-27(25)36-18-19-8-12-22(31)13-9-19/h3-4,6-17H,2,5,18H2,1H3. The Bertz CT molecular complexity index is 1650. The van der Waals surface area contributed by atoms with Gasteiger partial charge in [0.25, 0.3) is 5.56 Å². The van der Waals surface area contributed by atoms with E-state index in [4.69, 9.17) is 9.72 Å². The number of nitrogens with zero attached hydrogens (tertiary/aromatic N) is 3. The van der Waals surface area contributed by atoms with Crippen LogP contribution >= 0.6 is 15.9 Å². The number of hydrogen-bond acceptors (Lipinski definition) is 4. The van der Waals surface area contributed by atoms with Gasteiger partial charge in [-0.2, -0.15) is 9.78 Å². The first kappa shape index (κ1) is 23.9. The maximum Gasteiger partial charge on any atom is 0.282 e. The second-order valence-corrected chi connectivity index (χ2v) is 9.33. The Morgan fingerprint density at radius 2 is 1.83 bits per heavy atom. The maximum atomic E-state index is 13.4. The van der Waals surface area contributed by atoms with Crippen LogP contribution < -0.4 is 10.3 Å². The van der Waals surface area contributed by atoms with Crippen molar-refractivity contribution in [2.24, 2.45) is 5.10 Å². The monoisotopic (exact) mass is 543 g/mol. The summed E-state index contributed by atoms with van der Waals surface area (Å²) in [5, 5.41) is 7.08. The lowest BCUT2D eigenvalue weighted by Gasteiger charge is -2.13. The third kappa shape index (κ3) is 4.93. The molecule has 0 unspecified atom stereocenters. The van der Waals surface area contributed by atoms with Crippen LogP contribution in [0.3, 0.4) is 0 Å². The molecule has 1 heterocycles. The third-order valence-electron chi connectivity index (χ3n) is 5.89. The van der Waals surface area contributed by atoms with E-state index in [0.29, 0.717) is 28.9 Å². The predicted octanol–water partition coefficient (Wildman–Crippen LogP) is 6.87. The van der Waals surface area contributed by atoms with E-state index < -0.39 is 0 Å². The van der Waals surface area contributed by atoms with Gasteiger partial charge in [0, 0.05) is 16.5 Å². The SMILES string of the molecule is CCCc1nc2ccc(Br)cc2c(=O)n1N=Cc1c(OCc2ccc(F)cc2)ccc2ccccc12. The van der Waals surface area contributed by atoms with E-state index in [2.05, 4.69) is 21.0 Å². The molecule has 0 radical (unpaired) electrons. The lowest BCUT2D eigenvalue weighted by atomic mass is 10.0. The van der Waals surface area contributed by atoms with Gasteiger partial charge < -0.3 is 4.74 Å². The fraction of sp³-hybridized carbons (Fsp3) is 0.138. The molecule has 1 aromatic heterocycles. The number of fused-ring (bicyclic) bond motifs is 2. The van der Waals surface area contributed by atoms with Crippen LogP contribution in [0.2, 0.25) is 0 Å². The van der Waals surface area contributed by atoms with E-state index in [1.165, 1.54) is 16.8 Å². The summed E-state index contributed by atoms with van der Waals surface area (Å²) in [4.78, 5) is 18.1. The van der Waals surface area contributed by atoms with E-state index in [9.17, 15) is 9.18 Å². The summed E-state index contributed by atoms with van der Waals surface area (Å²) >= 11 is 3.44. The van der Waals surface area contributed by atoms with Crippen LogP contribution in [-0.4, -0.2) is 15.9 Å². The zero-order chi connectivity index (χ0) is 25.1. The fourth-order valence-electron chi connectivity index (χ4n) is 4.09. The molecule has 0 fully saturated rings. The van der Waals surface area contributed by atoms with Crippen molar-refractivity contribution in [2.75, 3.05) is 0 Å². The number of benzene rings is 4. The quantitative estimate of drug-likeness (QED) is 0.210. The molecule has 5 rings (SSSR count). The summed E-state index contributed by atoms with van der Waals surface area (Å²) in [5.74, 6) is 0.924. The number of aromatic nitrogens is 2. The summed E-state index contributed by atoms with van der Waals surface area (Å²) in [7, 11) is 0. The van der Waals surface area contributed by atoms with Crippen LogP contribution in [0.25, 0.3) is 21.7 Å². The van der Waals surface area contributed by atoms with Crippen molar-refractivity contribution >= 4 is 43.8 Å². The van der Waals surface area contributed by atoms with Gasteiger partial charge in [0.1, 0.15) is 24.0 Å². The zero-order valence-electron chi connectivity index (χ0n) is 19.6. The zero-order valence-corrected chi connectivity index (χ0v) is 21.2. The topological polar surface area (TPSA) is 56.5 Å². The first-order valence-corrected chi connectivity index (χ1v) is 12.5. The Morgan fingerprint density at radius 3 is 2.64 bits per heavy atom. The van der Waals surface area contributed by atoms with Gasteiger partial charge in [-0.1, -0.05) is 65.3 Å². The van der Waals surface area contributed by atoms with Gasteiger partial charge in [0.05, 0.1) is 17.1 Å². The first-order chi connectivity index (χ1) is 17.5.